The minimum atomic E-state index is 0.542. The fourth-order valence-electron chi connectivity index (χ4n) is 3.11. The highest BCUT2D eigenvalue weighted by Crippen LogP contribution is 2.42. The Morgan fingerprint density at radius 1 is 1.07 bits per heavy atom. The van der Waals surface area contributed by atoms with E-state index >= 15 is 0 Å². The van der Waals surface area contributed by atoms with E-state index in [4.69, 9.17) is 26.4 Å². The van der Waals surface area contributed by atoms with Crippen molar-refractivity contribution in [3.8, 4) is 34.5 Å². The first-order valence-corrected chi connectivity index (χ1v) is 9.39. The van der Waals surface area contributed by atoms with Crippen molar-refractivity contribution in [2.45, 2.75) is 20.3 Å². The molecule has 0 atom stereocenters. The molecule has 1 aliphatic heterocycles. The number of hydrogen-bond donors (Lipinski definition) is 1. The van der Waals surface area contributed by atoms with Gasteiger partial charge in [-0.25, -0.2) is 4.98 Å². The minimum Gasteiger partial charge on any atom is -0.494 e. The number of nitrogens with zero attached hydrogens (tertiary/aromatic N) is 1. The molecule has 138 valence electrons. The quantitative estimate of drug-likeness (QED) is 0.476. The number of benzene rings is 2. The Balaban J connectivity index is 1.72. The maximum Gasteiger partial charge on any atom is 0.205 e. The standard InChI is InChI=1S/C21H20N2O3S/c1-3-24-15-10-8-13(9-11-15)19-22-20-16(21(27)23-19)12-14-6-5-7-17(25-4-2)18(14)26-20/h5-11H,3-4,12H2,1-2H3,(H,22,23,27). The van der Waals surface area contributed by atoms with Crippen molar-refractivity contribution in [3.05, 3.63) is 58.2 Å². The molecule has 3 aromatic rings. The fraction of sp³-hybridized carbons (Fsp3) is 0.238. The lowest BCUT2D eigenvalue weighted by molar-refractivity contribution is 0.315. The van der Waals surface area contributed by atoms with E-state index in [0.29, 0.717) is 36.0 Å². The summed E-state index contributed by atoms with van der Waals surface area (Å²) in [5.74, 6) is 3.59. The molecule has 1 aromatic heterocycles. The van der Waals surface area contributed by atoms with Crippen molar-refractivity contribution >= 4 is 12.2 Å². The molecular formula is C21H20N2O3S. The van der Waals surface area contributed by atoms with E-state index < -0.39 is 0 Å². The third-order valence-corrected chi connectivity index (χ3v) is 4.69. The van der Waals surface area contributed by atoms with Gasteiger partial charge in [0.05, 0.1) is 18.8 Å². The van der Waals surface area contributed by atoms with Gasteiger partial charge in [-0.2, -0.15) is 0 Å². The zero-order valence-electron chi connectivity index (χ0n) is 15.2. The topological polar surface area (TPSA) is 56.4 Å². The van der Waals surface area contributed by atoms with E-state index in [2.05, 4.69) is 9.97 Å². The average molecular weight is 380 g/mol. The van der Waals surface area contributed by atoms with E-state index in [9.17, 15) is 0 Å². The van der Waals surface area contributed by atoms with Crippen LogP contribution in [0.15, 0.2) is 42.5 Å². The summed E-state index contributed by atoms with van der Waals surface area (Å²) < 4.78 is 17.9. The van der Waals surface area contributed by atoms with Gasteiger partial charge in [0.15, 0.2) is 11.5 Å². The summed E-state index contributed by atoms with van der Waals surface area (Å²) in [6, 6.07) is 13.6. The minimum absolute atomic E-state index is 0.542. The summed E-state index contributed by atoms with van der Waals surface area (Å²) in [4.78, 5) is 7.86. The van der Waals surface area contributed by atoms with Crippen LogP contribution in [0.25, 0.3) is 11.4 Å². The Morgan fingerprint density at radius 2 is 1.85 bits per heavy atom. The maximum absolute atomic E-state index is 6.15. The van der Waals surface area contributed by atoms with Gasteiger partial charge in [-0.15, -0.1) is 0 Å². The SMILES string of the molecule is CCOc1ccc(-c2nc(=S)c3c([nH]2)Oc2c(cccc2OCC)C3)cc1. The lowest BCUT2D eigenvalue weighted by Crippen LogP contribution is -2.09. The predicted molar refractivity (Wildman–Crippen MR) is 107 cm³/mol. The van der Waals surface area contributed by atoms with Gasteiger partial charge in [-0.3, -0.25) is 0 Å². The smallest absolute Gasteiger partial charge is 0.205 e. The number of fused-ring (bicyclic) bond motifs is 2. The van der Waals surface area contributed by atoms with Crippen LogP contribution in [0.3, 0.4) is 0 Å². The van der Waals surface area contributed by atoms with Crippen LogP contribution in [0, 0.1) is 4.64 Å². The molecule has 0 amide bonds. The van der Waals surface area contributed by atoms with Gasteiger partial charge in [0.1, 0.15) is 16.2 Å². The second-order valence-electron chi connectivity index (χ2n) is 6.11. The van der Waals surface area contributed by atoms with E-state index in [0.717, 1.165) is 33.9 Å². The third-order valence-electron chi connectivity index (χ3n) is 4.35. The van der Waals surface area contributed by atoms with Crippen molar-refractivity contribution in [2.75, 3.05) is 13.2 Å². The zero-order chi connectivity index (χ0) is 18.8. The van der Waals surface area contributed by atoms with Crippen LogP contribution in [-0.4, -0.2) is 23.2 Å². The lowest BCUT2D eigenvalue weighted by atomic mass is 10.0. The van der Waals surface area contributed by atoms with E-state index in [1.165, 1.54) is 0 Å². The number of nitrogens with one attached hydrogen (secondary N) is 1. The monoisotopic (exact) mass is 380 g/mol. The number of rotatable bonds is 5. The van der Waals surface area contributed by atoms with Gasteiger partial charge in [0, 0.05) is 17.5 Å². The van der Waals surface area contributed by atoms with E-state index in [1.807, 2.05) is 56.3 Å². The van der Waals surface area contributed by atoms with Crippen molar-refractivity contribution in [1.82, 2.24) is 9.97 Å². The van der Waals surface area contributed by atoms with Crippen LogP contribution in [0.1, 0.15) is 25.0 Å². The Labute approximate surface area is 163 Å². The van der Waals surface area contributed by atoms with Crippen molar-refractivity contribution < 1.29 is 14.2 Å². The molecule has 4 rings (SSSR count). The highest BCUT2D eigenvalue weighted by atomic mass is 32.1. The molecule has 0 radical (unpaired) electrons. The highest BCUT2D eigenvalue weighted by molar-refractivity contribution is 7.71. The van der Waals surface area contributed by atoms with Crippen molar-refractivity contribution in [1.29, 1.82) is 0 Å². The molecule has 2 aromatic carbocycles. The molecule has 5 nitrogen and oxygen atoms in total. The molecule has 1 N–H and O–H groups in total. The fourth-order valence-corrected chi connectivity index (χ4v) is 3.37. The van der Waals surface area contributed by atoms with Gasteiger partial charge < -0.3 is 19.2 Å². The number of aromatic nitrogens is 2. The zero-order valence-corrected chi connectivity index (χ0v) is 16.1. The largest absolute Gasteiger partial charge is 0.494 e. The molecule has 27 heavy (non-hydrogen) atoms. The highest BCUT2D eigenvalue weighted by Gasteiger charge is 2.23. The van der Waals surface area contributed by atoms with Gasteiger partial charge in [-0.1, -0.05) is 24.4 Å². The van der Waals surface area contributed by atoms with Gasteiger partial charge in [0.25, 0.3) is 0 Å². The Kier molecular flexibility index (Phi) is 4.81. The first-order chi connectivity index (χ1) is 13.2. The number of hydrogen-bond acceptors (Lipinski definition) is 5. The van der Waals surface area contributed by atoms with Gasteiger partial charge in [0.2, 0.25) is 5.88 Å². The Hall–Kier alpha value is -2.86. The van der Waals surface area contributed by atoms with Crippen LogP contribution in [0.2, 0.25) is 0 Å². The second kappa shape index (κ2) is 7.40. The Bertz CT molecular complexity index is 1030. The lowest BCUT2D eigenvalue weighted by Gasteiger charge is -2.22. The summed E-state index contributed by atoms with van der Waals surface area (Å²) >= 11 is 5.54. The van der Waals surface area contributed by atoms with Crippen LogP contribution in [0.4, 0.5) is 0 Å². The molecule has 0 saturated carbocycles. The van der Waals surface area contributed by atoms with E-state index in [-0.39, 0.29) is 0 Å². The normalized spacial score (nSPS) is 11.9. The number of H-pyrrole nitrogens is 1. The summed E-state index contributed by atoms with van der Waals surface area (Å²) in [6.07, 6.45) is 0.664. The molecule has 0 aliphatic carbocycles. The molecule has 1 aliphatic rings. The molecular weight excluding hydrogens is 360 g/mol. The molecule has 6 heteroatoms. The second-order valence-corrected chi connectivity index (χ2v) is 6.50. The van der Waals surface area contributed by atoms with Crippen molar-refractivity contribution in [3.63, 3.8) is 0 Å². The first kappa shape index (κ1) is 17.5. The molecule has 0 saturated heterocycles. The van der Waals surface area contributed by atoms with Crippen molar-refractivity contribution in [2.24, 2.45) is 0 Å². The molecule has 0 spiro atoms. The molecule has 0 bridgehead atoms. The van der Waals surface area contributed by atoms with Gasteiger partial charge >= 0.3 is 0 Å². The van der Waals surface area contributed by atoms with Gasteiger partial charge in [-0.05, 0) is 44.2 Å². The number of para-hydroxylation sites is 1. The van der Waals surface area contributed by atoms with Crippen LogP contribution < -0.4 is 14.2 Å². The number of aromatic amines is 1. The molecule has 2 heterocycles. The van der Waals surface area contributed by atoms with Crippen LogP contribution in [0.5, 0.6) is 23.1 Å². The first-order valence-electron chi connectivity index (χ1n) is 8.98. The maximum atomic E-state index is 6.15. The van der Waals surface area contributed by atoms with Crippen LogP contribution >= 0.6 is 12.2 Å². The average Bonchev–Trinajstić information content (AvgIpc) is 2.68. The summed E-state index contributed by atoms with van der Waals surface area (Å²) in [7, 11) is 0. The Morgan fingerprint density at radius 3 is 2.59 bits per heavy atom. The summed E-state index contributed by atoms with van der Waals surface area (Å²) in [5, 5.41) is 0. The number of ether oxygens (including phenoxy) is 3. The van der Waals surface area contributed by atoms with E-state index in [1.54, 1.807) is 0 Å². The van der Waals surface area contributed by atoms with Crippen LogP contribution in [-0.2, 0) is 6.42 Å². The summed E-state index contributed by atoms with van der Waals surface area (Å²) in [6.45, 7) is 5.13. The predicted octanol–water partition coefficient (Wildman–Crippen LogP) is 5.30. The molecule has 0 unspecified atom stereocenters. The third kappa shape index (κ3) is 3.40. The molecule has 0 fully saturated rings. The summed E-state index contributed by atoms with van der Waals surface area (Å²) in [5.41, 5.74) is 2.85.